The van der Waals surface area contributed by atoms with Gasteiger partial charge in [0, 0.05) is 39.3 Å². The minimum atomic E-state index is -3.73. The van der Waals surface area contributed by atoms with Crippen LogP contribution in [0.15, 0.2) is 23.1 Å². The molecule has 192 valence electrons. The SMILES string of the molecule is CCOC(=O)N1CCN(C(=O)CN2C(=O)COc3ccc(S(=O)(=O)N4CCCCCC4)cc32)CC1. The molecule has 11 nitrogen and oxygen atoms in total. The summed E-state index contributed by atoms with van der Waals surface area (Å²) in [5.41, 5.74) is 0.274. The van der Waals surface area contributed by atoms with E-state index in [1.54, 1.807) is 22.8 Å². The van der Waals surface area contributed by atoms with Gasteiger partial charge in [0.25, 0.3) is 5.91 Å². The fourth-order valence-corrected chi connectivity index (χ4v) is 6.07. The molecule has 4 rings (SSSR count). The molecular formula is C23H32N4O7S. The molecule has 0 atom stereocenters. The molecule has 3 aliphatic rings. The van der Waals surface area contributed by atoms with Crippen molar-refractivity contribution in [2.75, 3.05) is 63.9 Å². The van der Waals surface area contributed by atoms with Crippen LogP contribution in [0, 0.1) is 0 Å². The molecule has 0 saturated carbocycles. The summed E-state index contributed by atoms with van der Waals surface area (Å²) in [5.74, 6) is -0.338. The van der Waals surface area contributed by atoms with E-state index in [0.717, 1.165) is 25.7 Å². The molecule has 0 aliphatic carbocycles. The van der Waals surface area contributed by atoms with Crippen LogP contribution in [-0.4, -0.2) is 99.5 Å². The Hall–Kier alpha value is -2.86. The zero-order valence-corrected chi connectivity index (χ0v) is 20.8. The van der Waals surface area contributed by atoms with Gasteiger partial charge >= 0.3 is 6.09 Å². The van der Waals surface area contributed by atoms with Crippen molar-refractivity contribution in [2.24, 2.45) is 0 Å². The largest absolute Gasteiger partial charge is 0.482 e. The van der Waals surface area contributed by atoms with Gasteiger partial charge in [-0.15, -0.1) is 0 Å². The normalized spacial score (nSPS) is 19.6. The summed E-state index contributed by atoms with van der Waals surface area (Å²) in [5, 5.41) is 0. The van der Waals surface area contributed by atoms with Crippen molar-refractivity contribution in [3.63, 3.8) is 0 Å². The van der Waals surface area contributed by atoms with Crippen LogP contribution in [0.3, 0.4) is 0 Å². The third-order valence-electron chi connectivity index (χ3n) is 6.53. The van der Waals surface area contributed by atoms with Crippen LogP contribution < -0.4 is 9.64 Å². The lowest BCUT2D eigenvalue weighted by molar-refractivity contribution is -0.133. The number of anilines is 1. The van der Waals surface area contributed by atoms with Crippen LogP contribution in [0.2, 0.25) is 0 Å². The van der Waals surface area contributed by atoms with Crippen LogP contribution in [-0.2, 0) is 24.3 Å². The molecule has 1 aromatic carbocycles. The Morgan fingerprint density at radius 2 is 1.63 bits per heavy atom. The second-order valence-corrected chi connectivity index (χ2v) is 10.7. The van der Waals surface area contributed by atoms with Crippen molar-refractivity contribution >= 4 is 33.6 Å². The highest BCUT2D eigenvalue weighted by molar-refractivity contribution is 7.89. The lowest BCUT2D eigenvalue weighted by atomic mass is 10.2. The number of hydrogen-bond acceptors (Lipinski definition) is 7. The number of hydrogen-bond donors (Lipinski definition) is 0. The molecule has 35 heavy (non-hydrogen) atoms. The summed E-state index contributed by atoms with van der Waals surface area (Å²) in [6.07, 6.45) is 3.23. The first-order chi connectivity index (χ1) is 16.8. The summed E-state index contributed by atoms with van der Waals surface area (Å²) < 4.78 is 38.6. The second kappa shape index (κ2) is 10.8. The molecule has 0 unspecified atom stereocenters. The lowest BCUT2D eigenvalue weighted by Crippen LogP contribution is -2.54. The van der Waals surface area contributed by atoms with Gasteiger partial charge in [-0.3, -0.25) is 14.5 Å². The first kappa shape index (κ1) is 25.2. The predicted molar refractivity (Wildman–Crippen MR) is 127 cm³/mol. The summed E-state index contributed by atoms with van der Waals surface area (Å²) in [4.78, 5) is 42.1. The van der Waals surface area contributed by atoms with E-state index in [9.17, 15) is 22.8 Å². The van der Waals surface area contributed by atoms with Crippen LogP contribution in [0.25, 0.3) is 0 Å². The Kier molecular flexibility index (Phi) is 7.80. The number of fused-ring (bicyclic) bond motifs is 1. The smallest absolute Gasteiger partial charge is 0.409 e. The van der Waals surface area contributed by atoms with Crippen LogP contribution in [0.4, 0.5) is 10.5 Å². The van der Waals surface area contributed by atoms with Gasteiger partial charge in [0.05, 0.1) is 17.2 Å². The third kappa shape index (κ3) is 5.53. The van der Waals surface area contributed by atoms with E-state index in [4.69, 9.17) is 9.47 Å². The van der Waals surface area contributed by atoms with Gasteiger partial charge in [-0.05, 0) is 38.0 Å². The molecule has 1 aromatic rings. The number of ether oxygens (including phenoxy) is 2. The summed E-state index contributed by atoms with van der Waals surface area (Å²) >= 11 is 0. The molecular weight excluding hydrogens is 476 g/mol. The molecule has 0 N–H and O–H groups in total. The van der Waals surface area contributed by atoms with Gasteiger partial charge in [0.15, 0.2) is 6.61 Å². The van der Waals surface area contributed by atoms with Crippen LogP contribution in [0.5, 0.6) is 5.75 Å². The quantitative estimate of drug-likeness (QED) is 0.588. The molecule has 0 spiro atoms. The van der Waals surface area contributed by atoms with Gasteiger partial charge in [0.2, 0.25) is 15.9 Å². The van der Waals surface area contributed by atoms with Gasteiger partial charge < -0.3 is 19.3 Å². The second-order valence-electron chi connectivity index (χ2n) is 8.78. The maximum Gasteiger partial charge on any atom is 0.409 e. The number of nitrogens with zero attached hydrogens (tertiary/aromatic N) is 4. The molecule has 0 radical (unpaired) electrons. The Morgan fingerprint density at radius 1 is 0.971 bits per heavy atom. The maximum atomic E-state index is 13.3. The maximum absolute atomic E-state index is 13.3. The molecule has 12 heteroatoms. The first-order valence-corrected chi connectivity index (χ1v) is 13.5. The van der Waals surface area contributed by atoms with E-state index in [0.29, 0.717) is 45.0 Å². The average molecular weight is 509 g/mol. The highest BCUT2D eigenvalue weighted by atomic mass is 32.2. The number of benzene rings is 1. The number of carbonyl (C=O) groups excluding carboxylic acids is 3. The number of sulfonamides is 1. The number of rotatable bonds is 5. The Morgan fingerprint density at radius 3 is 2.29 bits per heavy atom. The Balaban J connectivity index is 1.49. The topological polar surface area (TPSA) is 117 Å². The zero-order chi connectivity index (χ0) is 25.0. The van der Waals surface area contributed by atoms with Crippen molar-refractivity contribution in [1.29, 1.82) is 0 Å². The van der Waals surface area contributed by atoms with Gasteiger partial charge in [-0.25, -0.2) is 13.2 Å². The van der Waals surface area contributed by atoms with Gasteiger partial charge in [0.1, 0.15) is 12.3 Å². The molecule has 2 fully saturated rings. The molecule has 3 amide bonds. The van der Waals surface area contributed by atoms with Crippen molar-refractivity contribution < 1.29 is 32.3 Å². The number of carbonyl (C=O) groups is 3. The lowest BCUT2D eigenvalue weighted by Gasteiger charge is -2.36. The highest BCUT2D eigenvalue weighted by Crippen LogP contribution is 2.35. The van der Waals surface area contributed by atoms with Crippen molar-refractivity contribution in [2.45, 2.75) is 37.5 Å². The molecule has 0 bridgehead atoms. The van der Waals surface area contributed by atoms with Crippen molar-refractivity contribution in [3.8, 4) is 5.75 Å². The fraction of sp³-hybridized carbons (Fsp3) is 0.609. The van der Waals surface area contributed by atoms with Crippen molar-refractivity contribution in [1.82, 2.24) is 14.1 Å². The Labute approximate surface area is 205 Å². The van der Waals surface area contributed by atoms with Gasteiger partial charge in [-0.2, -0.15) is 4.31 Å². The molecule has 3 heterocycles. The van der Waals surface area contributed by atoms with Crippen molar-refractivity contribution in [3.05, 3.63) is 18.2 Å². The fourth-order valence-electron chi connectivity index (χ4n) is 4.54. The summed E-state index contributed by atoms with van der Waals surface area (Å²) in [6, 6.07) is 4.46. The van der Waals surface area contributed by atoms with E-state index >= 15 is 0 Å². The van der Waals surface area contributed by atoms with Crippen LogP contribution >= 0.6 is 0 Å². The zero-order valence-electron chi connectivity index (χ0n) is 20.0. The minimum Gasteiger partial charge on any atom is -0.482 e. The minimum absolute atomic E-state index is 0.0805. The predicted octanol–water partition coefficient (Wildman–Crippen LogP) is 1.28. The molecule has 0 aromatic heterocycles. The number of piperazine rings is 1. The van der Waals surface area contributed by atoms with E-state index in [1.165, 1.54) is 21.3 Å². The molecule has 2 saturated heterocycles. The highest BCUT2D eigenvalue weighted by Gasteiger charge is 2.33. The first-order valence-electron chi connectivity index (χ1n) is 12.1. The van der Waals surface area contributed by atoms with E-state index in [-0.39, 0.29) is 36.2 Å². The standard InChI is InChI=1S/C23H32N4O7S/c1-2-33-23(30)25-13-11-24(12-14-25)21(28)16-27-19-15-18(7-8-20(19)34-17-22(27)29)35(31,32)26-9-5-3-4-6-10-26/h7-8,15H,2-6,9-14,16-17H2,1H3. The average Bonchev–Trinajstić information content (AvgIpc) is 3.16. The monoisotopic (exact) mass is 508 g/mol. The van der Waals surface area contributed by atoms with Gasteiger partial charge in [-0.1, -0.05) is 12.8 Å². The summed E-state index contributed by atoms with van der Waals surface area (Å²) in [6.45, 7) is 3.83. The van der Waals surface area contributed by atoms with E-state index in [2.05, 4.69) is 0 Å². The van der Waals surface area contributed by atoms with Crippen LogP contribution in [0.1, 0.15) is 32.6 Å². The number of amides is 3. The molecule has 3 aliphatic heterocycles. The third-order valence-corrected chi connectivity index (χ3v) is 8.42. The Bertz CT molecular complexity index is 1060. The summed E-state index contributed by atoms with van der Waals surface area (Å²) in [7, 11) is -3.73. The van der Waals surface area contributed by atoms with E-state index in [1.807, 2.05) is 0 Å². The van der Waals surface area contributed by atoms with E-state index < -0.39 is 22.0 Å².